The third-order valence-electron chi connectivity index (χ3n) is 4.93. The quantitative estimate of drug-likeness (QED) is 0.379. The van der Waals surface area contributed by atoms with Crippen molar-refractivity contribution in [1.82, 2.24) is 0 Å². The molecule has 0 bridgehead atoms. The number of aliphatic hydroxyl groups is 4. The lowest BCUT2D eigenvalue weighted by Gasteiger charge is -2.24. The van der Waals surface area contributed by atoms with E-state index in [1.807, 2.05) is 26.8 Å². The standard InChI is InChI=1S/C21H32O7/c1-5-12(2)21(27)13(3)6-7-18(24)14(4)19(25)10-15(22)8-17-9-16(23)11-20(26)28-17/h5-7,9,11,13-15,18-19,21-25,27H,8,10H2,1-4H3/b7-6+,12-5+/t13-,14-,15+,18-,19+,21-/m0/s1. The molecule has 1 aromatic rings. The minimum absolute atomic E-state index is 0.0404. The predicted molar refractivity (Wildman–Crippen MR) is 106 cm³/mol. The van der Waals surface area contributed by atoms with E-state index in [1.54, 1.807) is 13.0 Å². The molecule has 0 saturated carbocycles. The Morgan fingerprint density at radius 1 is 1.14 bits per heavy atom. The maximum Gasteiger partial charge on any atom is 0.339 e. The molecule has 0 saturated heterocycles. The van der Waals surface area contributed by atoms with Gasteiger partial charge in [0.15, 0.2) is 0 Å². The molecule has 0 amide bonds. The van der Waals surface area contributed by atoms with Crippen LogP contribution in [0.1, 0.15) is 39.9 Å². The van der Waals surface area contributed by atoms with Crippen LogP contribution in [0.3, 0.4) is 0 Å². The van der Waals surface area contributed by atoms with Crippen molar-refractivity contribution < 1.29 is 29.9 Å². The van der Waals surface area contributed by atoms with Crippen molar-refractivity contribution in [2.24, 2.45) is 11.8 Å². The van der Waals surface area contributed by atoms with Crippen LogP contribution in [0, 0.1) is 11.8 Å². The Labute approximate surface area is 165 Å². The third-order valence-corrected chi connectivity index (χ3v) is 4.93. The topological polar surface area (TPSA) is 131 Å². The van der Waals surface area contributed by atoms with Crippen LogP contribution in [0.5, 0.6) is 5.75 Å². The predicted octanol–water partition coefficient (Wildman–Crippen LogP) is 1.52. The zero-order valence-electron chi connectivity index (χ0n) is 16.8. The van der Waals surface area contributed by atoms with Crippen molar-refractivity contribution in [2.75, 3.05) is 0 Å². The first-order chi connectivity index (χ1) is 13.0. The molecule has 0 aliphatic rings. The van der Waals surface area contributed by atoms with Crippen molar-refractivity contribution in [3.05, 3.63) is 52.1 Å². The molecule has 0 aliphatic heterocycles. The third kappa shape index (κ3) is 7.59. The molecule has 7 nitrogen and oxygen atoms in total. The van der Waals surface area contributed by atoms with Crippen LogP contribution in [0.25, 0.3) is 0 Å². The molecule has 0 aromatic carbocycles. The molecule has 5 N–H and O–H groups in total. The molecule has 0 radical (unpaired) electrons. The average Bonchev–Trinajstić information content (AvgIpc) is 2.62. The first-order valence-electron chi connectivity index (χ1n) is 9.41. The minimum atomic E-state index is -1.02. The highest BCUT2D eigenvalue weighted by Gasteiger charge is 2.24. The summed E-state index contributed by atoms with van der Waals surface area (Å²) in [5.41, 5.74) is 0.114. The van der Waals surface area contributed by atoms with Gasteiger partial charge in [-0.3, -0.25) is 0 Å². The van der Waals surface area contributed by atoms with E-state index in [9.17, 15) is 30.3 Å². The lowest BCUT2D eigenvalue weighted by molar-refractivity contribution is 0.00848. The van der Waals surface area contributed by atoms with Gasteiger partial charge < -0.3 is 29.9 Å². The second-order valence-electron chi connectivity index (χ2n) is 7.33. The van der Waals surface area contributed by atoms with Gasteiger partial charge >= 0.3 is 5.63 Å². The van der Waals surface area contributed by atoms with Gasteiger partial charge in [-0.05, 0) is 19.4 Å². The maximum atomic E-state index is 11.2. The normalized spacial score (nSPS) is 19.2. The number of rotatable bonds is 10. The van der Waals surface area contributed by atoms with Gasteiger partial charge in [0, 0.05) is 30.7 Å². The van der Waals surface area contributed by atoms with Gasteiger partial charge in [0.1, 0.15) is 11.5 Å². The van der Waals surface area contributed by atoms with Gasteiger partial charge in [0.25, 0.3) is 0 Å². The van der Waals surface area contributed by atoms with Gasteiger partial charge in [-0.25, -0.2) is 4.79 Å². The summed E-state index contributed by atoms with van der Waals surface area (Å²) in [4.78, 5) is 11.2. The molecule has 0 fully saturated rings. The first kappa shape index (κ1) is 24.1. The number of hydrogen-bond acceptors (Lipinski definition) is 7. The van der Waals surface area contributed by atoms with Crippen LogP contribution in [-0.2, 0) is 6.42 Å². The fourth-order valence-corrected chi connectivity index (χ4v) is 2.81. The number of aliphatic hydroxyl groups excluding tert-OH is 4. The highest BCUT2D eigenvalue weighted by atomic mass is 16.4. The Kier molecular flexibility index (Phi) is 9.61. The largest absolute Gasteiger partial charge is 0.508 e. The van der Waals surface area contributed by atoms with Crippen molar-refractivity contribution in [3.8, 4) is 5.75 Å². The van der Waals surface area contributed by atoms with E-state index in [-0.39, 0.29) is 30.3 Å². The van der Waals surface area contributed by atoms with Gasteiger partial charge in [-0.1, -0.05) is 32.1 Å². The lowest BCUT2D eigenvalue weighted by atomic mass is 9.91. The summed E-state index contributed by atoms with van der Waals surface area (Å²) in [6.45, 7) is 7.15. The van der Waals surface area contributed by atoms with Gasteiger partial charge in [0.2, 0.25) is 0 Å². The summed E-state index contributed by atoms with van der Waals surface area (Å²) in [5.74, 6) is -0.902. The molecule has 1 heterocycles. The summed E-state index contributed by atoms with van der Waals surface area (Å²) < 4.78 is 4.89. The van der Waals surface area contributed by atoms with E-state index in [0.717, 1.165) is 11.6 Å². The highest BCUT2D eigenvalue weighted by molar-refractivity contribution is 5.18. The van der Waals surface area contributed by atoms with Crippen molar-refractivity contribution in [3.63, 3.8) is 0 Å². The molecule has 158 valence electrons. The second kappa shape index (κ2) is 11.2. The number of allylic oxidation sites excluding steroid dienone is 1. The summed E-state index contributed by atoms with van der Waals surface area (Å²) in [6, 6.07) is 2.16. The lowest BCUT2D eigenvalue weighted by Crippen LogP contribution is -2.32. The molecule has 0 unspecified atom stereocenters. The zero-order valence-corrected chi connectivity index (χ0v) is 16.8. The Balaban J connectivity index is 2.61. The smallest absolute Gasteiger partial charge is 0.339 e. The highest BCUT2D eigenvalue weighted by Crippen LogP contribution is 2.19. The van der Waals surface area contributed by atoms with E-state index < -0.39 is 36.0 Å². The Morgan fingerprint density at radius 3 is 2.36 bits per heavy atom. The molecule has 0 aliphatic carbocycles. The number of aromatic hydroxyl groups is 1. The van der Waals surface area contributed by atoms with E-state index in [0.29, 0.717) is 0 Å². The maximum absolute atomic E-state index is 11.2. The second-order valence-corrected chi connectivity index (χ2v) is 7.33. The van der Waals surface area contributed by atoms with Crippen LogP contribution in [0.2, 0.25) is 0 Å². The van der Waals surface area contributed by atoms with Crippen molar-refractivity contribution >= 4 is 0 Å². The van der Waals surface area contributed by atoms with Crippen molar-refractivity contribution in [2.45, 2.75) is 65.0 Å². The fraction of sp³-hybridized carbons (Fsp3) is 0.571. The fourth-order valence-electron chi connectivity index (χ4n) is 2.81. The Morgan fingerprint density at radius 2 is 1.79 bits per heavy atom. The summed E-state index contributed by atoms with van der Waals surface area (Å²) in [6.07, 6.45) is 1.34. The van der Waals surface area contributed by atoms with Crippen LogP contribution in [0.15, 0.2) is 45.1 Å². The van der Waals surface area contributed by atoms with Crippen LogP contribution in [-0.4, -0.2) is 49.9 Å². The first-order valence-corrected chi connectivity index (χ1v) is 9.41. The molecule has 6 atom stereocenters. The van der Waals surface area contributed by atoms with E-state index >= 15 is 0 Å². The van der Waals surface area contributed by atoms with Crippen LogP contribution >= 0.6 is 0 Å². The average molecular weight is 396 g/mol. The zero-order chi connectivity index (χ0) is 21.4. The van der Waals surface area contributed by atoms with Gasteiger partial charge in [-0.15, -0.1) is 0 Å². The van der Waals surface area contributed by atoms with Crippen LogP contribution in [0.4, 0.5) is 0 Å². The van der Waals surface area contributed by atoms with Gasteiger partial charge in [-0.2, -0.15) is 0 Å². The molecule has 1 aromatic heterocycles. The minimum Gasteiger partial charge on any atom is -0.508 e. The molecule has 0 spiro atoms. The summed E-state index contributed by atoms with van der Waals surface area (Å²) >= 11 is 0. The Hall–Kier alpha value is -1.93. The Bertz CT molecular complexity index is 722. The molecule has 1 rings (SSSR count). The molecule has 28 heavy (non-hydrogen) atoms. The summed E-state index contributed by atoms with van der Waals surface area (Å²) in [5, 5.41) is 50.2. The SMILES string of the molecule is C/C=C(\C)[C@H](O)[C@@H](C)/C=C/[C@H](O)[C@H](C)[C@H](O)C[C@H](O)Cc1cc(O)cc(=O)o1. The molecule has 7 heteroatoms. The van der Waals surface area contributed by atoms with E-state index in [4.69, 9.17) is 4.42 Å². The monoisotopic (exact) mass is 396 g/mol. The number of hydrogen-bond donors (Lipinski definition) is 5. The van der Waals surface area contributed by atoms with E-state index in [1.165, 1.54) is 12.1 Å². The molecular weight excluding hydrogens is 364 g/mol. The van der Waals surface area contributed by atoms with Gasteiger partial charge in [0.05, 0.1) is 30.5 Å². The molecular formula is C21H32O7. The van der Waals surface area contributed by atoms with Crippen molar-refractivity contribution in [1.29, 1.82) is 0 Å². The van der Waals surface area contributed by atoms with E-state index in [2.05, 4.69) is 0 Å². The van der Waals surface area contributed by atoms with Crippen LogP contribution < -0.4 is 5.63 Å². The summed E-state index contributed by atoms with van der Waals surface area (Å²) in [7, 11) is 0.